The Labute approximate surface area is 109 Å². The van der Waals surface area contributed by atoms with E-state index in [1.807, 2.05) is 6.07 Å². The number of ether oxygens (including phenoxy) is 1. The zero-order valence-electron chi connectivity index (χ0n) is 11.8. The molecule has 0 bridgehead atoms. The number of hydrogen-bond donors (Lipinski definition) is 1. The fourth-order valence-corrected chi connectivity index (χ4v) is 2.95. The van der Waals surface area contributed by atoms with Crippen LogP contribution in [0.25, 0.3) is 0 Å². The highest BCUT2D eigenvalue weighted by atomic mass is 16.5. The fourth-order valence-electron chi connectivity index (χ4n) is 2.95. The van der Waals surface area contributed by atoms with Crippen LogP contribution >= 0.6 is 0 Å². The van der Waals surface area contributed by atoms with Crippen molar-refractivity contribution in [2.45, 2.75) is 52.0 Å². The number of morpholine rings is 1. The van der Waals surface area contributed by atoms with E-state index in [0.717, 1.165) is 31.0 Å². The van der Waals surface area contributed by atoms with Crippen molar-refractivity contribution >= 4 is 0 Å². The molecule has 2 N–H and O–H groups in total. The van der Waals surface area contributed by atoms with Crippen molar-refractivity contribution in [3.05, 3.63) is 23.7 Å². The molecule has 18 heavy (non-hydrogen) atoms. The van der Waals surface area contributed by atoms with Crippen molar-refractivity contribution in [3.63, 3.8) is 0 Å². The van der Waals surface area contributed by atoms with Gasteiger partial charge < -0.3 is 14.9 Å². The first-order valence-electron chi connectivity index (χ1n) is 6.49. The fraction of sp³-hybridized carbons (Fsp3) is 0.714. The summed E-state index contributed by atoms with van der Waals surface area (Å²) in [5, 5.41) is 0. The Morgan fingerprint density at radius 3 is 2.39 bits per heavy atom. The molecule has 1 saturated heterocycles. The highest BCUT2D eigenvalue weighted by Gasteiger charge is 2.38. The van der Waals surface area contributed by atoms with Gasteiger partial charge in [-0.2, -0.15) is 0 Å². The molecular weight excluding hydrogens is 228 g/mol. The van der Waals surface area contributed by atoms with E-state index in [2.05, 4.69) is 32.6 Å². The van der Waals surface area contributed by atoms with Crippen LogP contribution in [0.5, 0.6) is 0 Å². The van der Waals surface area contributed by atoms with Gasteiger partial charge in [-0.1, -0.05) is 0 Å². The molecule has 4 nitrogen and oxygen atoms in total. The third-order valence-electron chi connectivity index (χ3n) is 3.19. The smallest absolute Gasteiger partial charge is 0.122 e. The van der Waals surface area contributed by atoms with Crippen LogP contribution < -0.4 is 5.73 Å². The third-order valence-corrected chi connectivity index (χ3v) is 3.19. The minimum atomic E-state index is -0.128. The van der Waals surface area contributed by atoms with Crippen LogP contribution in [-0.2, 0) is 17.8 Å². The molecule has 1 aromatic heterocycles. The minimum Gasteiger partial charge on any atom is -0.468 e. The van der Waals surface area contributed by atoms with Crippen LogP contribution in [0, 0.1) is 0 Å². The van der Waals surface area contributed by atoms with Crippen LogP contribution in [0.2, 0.25) is 0 Å². The summed E-state index contributed by atoms with van der Waals surface area (Å²) in [5.41, 5.74) is 6.54. The molecule has 0 unspecified atom stereocenters. The summed E-state index contributed by atoms with van der Waals surface area (Å²) in [6.45, 7) is 11.7. The second-order valence-electron chi connectivity index (χ2n) is 6.34. The predicted molar refractivity (Wildman–Crippen MR) is 71.1 cm³/mol. The summed E-state index contributed by atoms with van der Waals surface area (Å²) in [4.78, 5) is 2.38. The van der Waals surface area contributed by atoms with Crippen molar-refractivity contribution in [1.82, 2.24) is 4.90 Å². The highest BCUT2D eigenvalue weighted by molar-refractivity contribution is 5.16. The van der Waals surface area contributed by atoms with Gasteiger partial charge in [0, 0.05) is 25.2 Å². The summed E-state index contributed by atoms with van der Waals surface area (Å²) in [6, 6.07) is 1.95. The van der Waals surface area contributed by atoms with Gasteiger partial charge in [0.15, 0.2) is 0 Å². The van der Waals surface area contributed by atoms with E-state index in [1.54, 1.807) is 6.26 Å². The molecule has 0 radical (unpaired) electrons. The molecule has 4 heteroatoms. The standard InChI is InChI=1S/C14H24N2O2/c1-13(2)9-16(10-14(3,4)18-13)8-12-11(7-15)5-6-17-12/h5-6H,7-10,15H2,1-4H3. The van der Waals surface area contributed by atoms with Crippen molar-refractivity contribution in [1.29, 1.82) is 0 Å². The van der Waals surface area contributed by atoms with Gasteiger partial charge in [0.1, 0.15) is 5.76 Å². The number of rotatable bonds is 3. The minimum absolute atomic E-state index is 0.128. The average Bonchev–Trinajstić information content (AvgIpc) is 2.59. The lowest BCUT2D eigenvalue weighted by Crippen LogP contribution is -2.56. The van der Waals surface area contributed by atoms with E-state index in [0.29, 0.717) is 6.54 Å². The van der Waals surface area contributed by atoms with Gasteiger partial charge in [0.2, 0.25) is 0 Å². The Kier molecular flexibility index (Phi) is 3.54. The average molecular weight is 252 g/mol. The first-order chi connectivity index (χ1) is 8.31. The molecule has 0 amide bonds. The van der Waals surface area contributed by atoms with Crippen molar-refractivity contribution in [2.75, 3.05) is 13.1 Å². The number of nitrogens with zero attached hydrogens (tertiary/aromatic N) is 1. The number of hydrogen-bond acceptors (Lipinski definition) is 4. The topological polar surface area (TPSA) is 51.6 Å². The summed E-state index contributed by atoms with van der Waals surface area (Å²) in [7, 11) is 0. The Hall–Kier alpha value is -0.840. The van der Waals surface area contributed by atoms with E-state index >= 15 is 0 Å². The second kappa shape index (κ2) is 4.68. The van der Waals surface area contributed by atoms with Crippen molar-refractivity contribution in [2.24, 2.45) is 5.73 Å². The second-order valence-corrected chi connectivity index (χ2v) is 6.34. The van der Waals surface area contributed by atoms with Gasteiger partial charge >= 0.3 is 0 Å². The molecule has 1 fully saturated rings. The Balaban J connectivity index is 2.09. The lowest BCUT2D eigenvalue weighted by atomic mass is 9.98. The molecule has 102 valence electrons. The monoisotopic (exact) mass is 252 g/mol. The van der Waals surface area contributed by atoms with Crippen LogP contribution in [0.4, 0.5) is 0 Å². The van der Waals surface area contributed by atoms with Gasteiger partial charge in [-0.05, 0) is 33.8 Å². The highest BCUT2D eigenvalue weighted by Crippen LogP contribution is 2.29. The molecule has 1 aliphatic rings. The van der Waals surface area contributed by atoms with Crippen LogP contribution in [-0.4, -0.2) is 29.2 Å². The molecule has 1 aliphatic heterocycles. The Bertz CT molecular complexity index is 394. The summed E-state index contributed by atoms with van der Waals surface area (Å²) >= 11 is 0. The zero-order valence-corrected chi connectivity index (χ0v) is 11.8. The molecular formula is C14H24N2O2. The normalized spacial score (nSPS) is 23.2. The maximum Gasteiger partial charge on any atom is 0.122 e. The zero-order chi connectivity index (χ0) is 13.4. The van der Waals surface area contributed by atoms with E-state index in [-0.39, 0.29) is 11.2 Å². The van der Waals surface area contributed by atoms with Crippen molar-refractivity contribution < 1.29 is 9.15 Å². The van der Waals surface area contributed by atoms with Gasteiger partial charge in [0.25, 0.3) is 0 Å². The van der Waals surface area contributed by atoms with E-state index in [9.17, 15) is 0 Å². The van der Waals surface area contributed by atoms with Gasteiger partial charge in [-0.25, -0.2) is 0 Å². The first-order valence-corrected chi connectivity index (χ1v) is 6.49. The predicted octanol–water partition coefficient (Wildman–Crippen LogP) is 2.13. The molecule has 2 rings (SSSR count). The van der Waals surface area contributed by atoms with Gasteiger partial charge in [0.05, 0.1) is 24.0 Å². The largest absolute Gasteiger partial charge is 0.468 e. The van der Waals surface area contributed by atoms with Crippen LogP contribution in [0.3, 0.4) is 0 Å². The Morgan fingerprint density at radius 1 is 1.22 bits per heavy atom. The number of nitrogens with two attached hydrogens (primary N) is 1. The molecule has 0 atom stereocenters. The quantitative estimate of drug-likeness (QED) is 0.895. The van der Waals surface area contributed by atoms with Gasteiger partial charge in [-0.3, -0.25) is 4.90 Å². The third kappa shape index (κ3) is 3.13. The van der Waals surface area contributed by atoms with Crippen LogP contribution in [0.1, 0.15) is 39.0 Å². The lowest BCUT2D eigenvalue weighted by Gasteiger charge is -2.47. The lowest BCUT2D eigenvalue weighted by molar-refractivity contribution is -0.182. The van der Waals surface area contributed by atoms with Crippen LogP contribution in [0.15, 0.2) is 16.7 Å². The SMILES string of the molecule is CC1(C)CN(Cc2occc2CN)CC(C)(C)O1. The first kappa shape index (κ1) is 13.6. The summed E-state index contributed by atoms with van der Waals surface area (Å²) in [6.07, 6.45) is 1.72. The molecule has 0 spiro atoms. The van der Waals surface area contributed by atoms with E-state index in [4.69, 9.17) is 14.9 Å². The van der Waals surface area contributed by atoms with E-state index in [1.165, 1.54) is 0 Å². The molecule has 0 aliphatic carbocycles. The van der Waals surface area contributed by atoms with Crippen molar-refractivity contribution in [3.8, 4) is 0 Å². The molecule has 2 heterocycles. The molecule has 0 aromatic carbocycles. The Morgan fingerprint density at radius 2 is 1.83 bits per heavy atom. The molecule has 1 aromatic rings. The maximum atomic E-state index is 6.07. The van der Waals surface area contributed by atoms with Gasteiger partial charge in [-0.15, -0.1) is 0 Å². The van der Waals surface area contributed by atoms with E-state index < -0.39 is 0 Å². The molecule has 0 saturated carbocycles. The summed E-state index contributed by atoms with van der Waals surface area (Å²) in [5.74, 6) is 0.978. The number of furan rings is 1. The maximum absolute atomic E-state index is 6.07. The summed E-state index contributed by atoms with van der Waals surface area (Å²) < 4.78 is 11.6.